The fraction of sp³-hybridized carbons (Fsp3) is 0.429. The summed E-state index contributed by atoms with van der Waals surface area (Å²) in [5.74, 6) is -0.694. The van der Waals surface area contributed by atoms with Crippen LogP contribution in [0, 0.1) is 13.8 Å². The van der Waals surface area contributed by atoms with Gasteiger partial charge in [0.05, 0.1) is 0 Å². The largest absolute Gasteiger partial charge is 0.481 e. The summed E-state index contributed by atoms with van der Waals surface area (Å²) in [5, 5.41) is 8.49. The molecular weight excluding hydrogens is 216 g/mol. The molecule has 0 aliphatic rings. The summed E-state index contributed by atoms with van der Waals surface area (Å²) in [6.07, 6.45) is 1.77. The lowest BCUT2D eigenvalue weighted by Crippen LogP contribution is -2.03. The maximum atomic E-state index is 11.9. The summed E-state index contributed by atoms with van der Waals surface area (Å²) in [5.41, 5.74) is 2.82. The van der Waals surface area contributed by atoms with Crippen LogP contribution in [0.25, 0.3) is 0 Å². The zero-order valence-corrected chi connectivity index (χ0v) is 10.3. The molecule has 0 spiro atoms. The van der Waals surface area contributed by atoms with Gasteiger partial charge < -0.3 is 5.11 Å². The minimum atomic E-state index is -0.802. The Morgan fingerprint density at radius 3 is 2.41 bits per heavy atom. The Morgan fingerprint density at radius 2 is 1.76 bits per heavy atom. The molecule has 0 saturated carbocycles. The quantitative estimate of drug-likeness (QED) is 0.607. The number of benzene rings is 1. The summed E-state index contributed by atoms with van der Waals surface area (Å²) in [6, 6.07) is 5.82. The third-order valence-corrected chi connectivity index (χ3v) is 2.74. The standard InChI is InChI=1S/C14H18O3/c1-10-7-8-11(2)12(9-10)13(15)5-3-4-6-14(16)17/h7-9H,3-6H2,1-2H3,(H,16,17). The molecule has 1 N–H and O–H groups in total. The number of aryl methyl sites for hydroxylation is 2. The zero-order valence-electron chi connectivity index (χ0n) is 10.3. The van der Waals surface area contributed by atoms with Gasteiger partial charge in [0, 0.05) is 18.4 Å². The molecule has 0 atom stereocenters. The second kappa shape index (κ2) is 6.18. The third-order valence-electron chi connectivity index (χ3n) is 2.74. The van der Waals surface area contributed by atoms with Gasteiger partial charge in [0.1, 0.15) is 0 Å². The van der Waals surface area contributed by atoms with Gasteiger partial charge in [-0.2, -0.15) is 0 Å². The Bertz CT molecular complexity index is 421. The van der Waals surface area contributed by atoms with Gasteiger partial charge in [-0.05, 0) is 38.3 Å². The molecule has 0 aliphatic heterocycles. The van der Waals surface area contributed by atoms with E-state index in [4.69, 9.17) is 5.11 Å². The van der Waals surface area contributed by atoms with Crippen molar-refractivity contribution in [2.75, 3.05) is 0 Å². The molecule has 0 aliphatic carbocycles. The molecule has 1 aromatic rings. The molecule has 1 aromatic carbocycles. The first-order valence-corrected chi connectivity index (χ1v) is 5.83. The van der Waals surface area contributed by atoms with E-state index in [1.807, 2.05) is 32.0 Å². The van der Waals surface area contributed by atoms with Crippen LogP contribution >= 0.6 is 0 Å². The first kappa shape index (κ1) is 13.4. The number of aliphatic carboxylic acids is 1. The fourth-order valence-electron chi connectivity index (χ4n) is 1.73. The Kier molecular flexibility index (Phi) is 4.88. The maximum Gasteiger partial charge on any atom is 0.303 e. The first-order chi connectivity index (χ1) is 8.00. The molecule has 17 heavy (non-hydrogen) atoms. The van der Waals surface area contributed by atoms with Gasteiger partial charge in [-0.15, -0.1) is 0 Å². The van der Waals surface area contributed by atoms with E-state index in [0.717, 1.165) is 16.7 Å². The number of ketones is 1. The van der Waals surface area contributed by atoms with Crippen LogP contribution in [0.1, 0.15) is 47.2 Å². The van der Waals surface area contributed by atoms with Gasteiger partial charge in [0.25, 0.3) is 0 Å². The summed E-state index contributed by atoms with van der Waals surface area (Å²) in [7, 11) is 0. The highest BCUT2D eigenvalue weighted by molar-refractivity contribution is 5.97. The zero-order chi connectivity index (χ0) is 12.8. The molecule has 0 saturated heterocycles. The van der Waals surface area contributed by atoms with Crippen molar-refractivity contribution in [3.05, 3.63) is 34.9 Å². The fourth-order valence-corrected chi connectivity index (χ4v) is 1.73. The van der Waals surface area contributed by atoms with E-state index < -0.39 is 5.97 Å². The average Bonchev–Trinajstić information content (AvgIpc) is 2.27. The van der Waals surface area contributed by atoms with Crippen LogP contribution in [0.3, 0.4) is 0 Å². The van der Waals surface area contributed by atoms with E-state index >= 15 is 0 Å². The molecule has 0 bridgehead atoms. The molecule has 3 heteroatoms. The Morgan fingerprint density at radius 1 is 1.12 bits per heavy atom. The predicted octanol–water partition coefficient (Wildman–Crippen LogP) is 3.13. The van der Waals surface area contributed by atoms with Crippen molar-refractivity contribution in [1.82, 2.24) is 0 Å². The Labute approximate surface area is 101 Å². The van der Waals surface area contributed by atoms with E-state index in [1.54, 1.807) is 0 Å². The van der Waals surface area contributed by atoms with Crippen molar-refractivity contribution in [2.24, 2.45) is 0 Å². The van der Waals surface area contributed by atoms with Gasteiger partial charge in [-0.3, -0.25) is 9.59 Å². The monoisotopic (exact) mass is 234 g/mol. The highest BCUT2D eigenvalue weighted by Crippen LogP contribution is 2.14. The van der Waals surface area contributed by atoms with Crippen LogP contribution in [-0.2, 0) is 4.79 Å². The van der Waals surface area contributed by atoms with Crippen molar-refractivity contribution in [1.29, 1.82) is 0 Å². The number of carbonyl (C=O) groups excluding carboxylic acids is 1. The van der Waals surface area contributed by atoms with Crippen molar-refractivity contribution >= 4 is 11.8 Å². The molecule has 0 radical (unpaired) electrons. The molecule has 3 nitrogen and oxygen atoms in total. The summed E-state index contributed by atoms with van der Waals surface area (Å²) < 4.78 is 0. The Hall–Kier alpha value is -1.64. The summed E-state index contributed by atoms with van der Waals surface area (Å²) >= 11 is 0. The van der Waals surface area contributed by atoms with E-state index in [1.165, 1.54) is 0 Å². The van der Waals surface area contributed by atoms with Crippen LogP contribution in [0.2, 0.25) is 0 Å². The lowest BCUT2D eigenvalue weighted by Gasteiger charge is -2.05. The molecule has 92 valence electrons. The second-order valence-electron chi connectivity index (χ2n) is 4.34. The number of carboxylic acid groups (broad SMARTS) is 1. The molecular formula is C14H18O3. The molecule has 0 heterocycles. The van der Waals surface area contributed by atoms with E-state index in [0.29, 0.717) is 19.3 Å². The van der Waals surface area contributed by atoms with Crippen LogP contribution in [-0.4, -0.2) is 16.9 Å². The lowest BCUT2D eigenvalue weighted by atomic mass is 9.98. The smallest absolute Gasteiger partial charge is 0.303 e. The molecule has 0 unspecified atom stereocenters. The first-order valence-electron chi connectivity index (χ1n) is 5.83. The molecule has 0 aromatic heterocycles. The lowest BCUT2D eigenvalue weighted by molar-refractivity contribution is -0.137. The second-order valence-corrected chi connectivity index (χ2v) is 4.34. The van der Waals surface area contributed by atoms with Gasteiger partial charge >= 0.3 is 5.97 Å². The summed E-state index contributed by atoms with van der Waals surface area (Å²) in [6.45, 7) is 3.88. The van der Waals surface area contributed by atoms with E-state index in [-0.39, 0.29) is 12.2 Å². The SMILES string of the molecule is Cc1ccc(C)c(C(=O)CCCCC(=O)O)c1. The number of Topliss-reactive ketones (excluding diaryl/α,β-unsaturated/α-hetero) is 1. The van der Waals surface area contributed by atoms with Crippen LogP contribution in [0.5, 0.6) is 0 Å². The van der Waals surface area contributed by atoms with Crippen molar-refractivity contribution < 1.29 is 14.7 Å². The average molecular weight is 234 g/mol. The third kappa shape index (κ3) is 4.39. The van der Waals surface area contributed by atoms with Gasteiger partial charge in [-0.25, -0.2) is 0 Å². The normalized spacial score (nSPS) is 10.2. The number of hydrogen-bond acceptors (Lipinski definition) is 2. The van der Waals surface area contributed by atoms with Crippen LogP contribution in [0.4, 0.5) is 0 Å². The number of rotatable bonds is 6. The highest BCUT2D eigenvalue weighted by Gasteiger charge is 2.09. The van der Waals surface area contributed by atoms with Crippen LogP contribution in [0.15, 0.2) is 18.2 Å². The van der Waals surface area contributed by atoms with Crippen molar-refractivity contribution in [2.45, 2.75) is 39.5 Å². The van der Waals surface area contributed by atoms with Gasteiger partial charge in [-0.1, -0.05) is 17.7 Å². The molecule has 0 fully saturated rings. The highest BCUT2D eigenvalue weighted by atomic mass is 16.4. The topological polar surface area (TPSA) is 54.4 Å². The maximum absolute atomic E-state index is 11.9. The van der Waals surface area contributed by atoms with Gasteiger partial charge in [0.15, 0.2) is 5.78 Å². The number of unbranched alkanes of at least 4 members (excludes halogenated alkanes) is 1. The molecule has 1 rings (SSSR count). The summed E-state index contributed by atoms with van der Waals surface area (Å²) in [4.78, 5) is 22.2. The minimum Gasteiger partial charge on any atom is -0.481 e. The molecule has 0 amide bonds. The number of carbonyl (C=O) groups is 2. The van der Waals surface area contributed by atoms with E-state index in [2.05, 4.69) is 0 Å². The minimum absolute atomic E-state index is 0.108. The van der Waals surface area contributed by atoms with Gasteiger partial charge in [0.2, 0.25) is 0 Å². The Balaban J connectivity index is 2.52. The predicted molar refractivity (Wildman–Crippen MR) is 66.4 cm³/mol. The van der Waals surface area contributed by atoms with E-state index in [9.17, 15) is 9.59 Å². The van der Waals surface area contributed by atoms with Crippen LogP contribution < -0.4 is 0 Å². The number of hydrogen-bond donors (Lipinski definition) is 1. The van der Waals surface area contributed by atoms with Crippen molar-refractivity contribution in [3.8, 4) is 0 Å². The number of carboxylic acids is 1. The van der Waals surface area contributed by atoms with Crippen molar-refractivity contribution in [3.63, 3.8) is 0 Å².